The van der Waals surface area contributed by atoms with Gasteiger partial charge in [0.2, 0.25) is 0 Å². The van der Waals surface area contributed by atoms with Crippen molar-refractivity contribution in [1.29, 1.82) is 0 Å². The Morgan fingerprint density at radius 3 is 2.53 bits per heavy atom. The second kappa shape index (κ2) is 7.22. The van der Waals surface area contributed by atoms with E-state index in [0.717, 1.165) is 13.0 Å². The van der Waals surface area contributed by atoms with Gasteiger partial charge in [0.15, 0.2) is 0 Å². The van der Waals surface area contributed by atoms with E-state index >= 15 is 0 Å². The van der Waals surface area contributed by atoms with Crippen molar-refractivity contribution in [2.24, 2.45) is 0 Å². The largest absolute Gasteiger partial charge is 0.314 e. The lowest BCUT2D eigenvalue weighted by atomic mass is 9.94. The molecule has 0 aliphatic heterocycles. The van der Waals surface area contributed by atoms with Crippen molar-refractivity contribution in [2.75, 3.05) is 6.54 Å². The summed E-state index contributed by atoms with van der Waals surface area (Å²) in [5.74, 6) is 0.536. The zero-order chi connectivity index (χ0) is 13.7. The molecule has 1 N–H and O–H groups in total. The normalized spacial score (nSPS) is 12.8. The van der Waals surface area contributed by atoms with Crippen molar-refractivity contribution in [1.82, 2.24) is 5.32 Å². The summed E-state index contributed by atoms with van der Waals surface area (Å²) in [7, 11) is 0. The third kappa shape index (κ3) is 4.75. The first-order valence-electron chi connectivity index (χ1n) is 6.66. The van der Waals surface area contributed by atoms with Crippen molar-refractivity contribution in [3.8, 4) is 0 Å². The first-order chi connectivity index (χ1) is 9.15. The number of hydrogen-bond donors (Lipinski definition) is 1. The van der Waals surface area contributed by atoms with E-state index in [1.807, 2.05) is 11.3 Å². The zero-order valence-corrected chi connectivity index (χ0v) is 13.8. The van der Waals surface area contributed by atoms with Crippen LogP contribution in [0.1, 0.15) is 30.2 Å². The molecule has 1 aromatic heterocycles. The Bertz CT molecular complexity index is 492. The van der Waals surface area contributed by atoms with Crippen LogP contribution in [0.4, 0.5) is 0 Å². The van der Waals surface area contributed by atoms with Crippen LogP contribution in [0, 0.1) is 0 Å². The minimum absolute atomic E-state index is 0.529. The Morgan fingerprint density at radius 2 is 1.95 bits per heavy atom. The van der Waals surface area contributed by atoms with E-state index in [1.54, 1.807) is 0 Å². The van der Waals surface area contributed by atoms with Gasteiger partial charge in [-0.25, -0.2) is 0 Å². The summed E-state index contributed by atoms with van der Waals surface area (Å²) in [5, 5.41) is 5.72. The second-order valence-electron chi connectivity index (χ2n) is 5.11. The van der Waals surface area contributed by atoms with Gasteiger partial charge in [-0.05, 0) is 34.0 Å². The summed E-state index contributed by atoms with van der Waals surface area (Å²) in [4.78, 5) is 1.44. The Labute approximate surface area is 128 Å². The molecule has 0 radical (unpaired) electrons. The van der Waals surface area contributed by atoms with Crippen molar-refractivity contribution < 1.29 is 0 Å². The van der Waals surface area contributed by atoms with Gasteiger partial charge >= 0.3 is 0 Å². The Hall–Kier alpha value is -0.640. The zero-order valence-electron chi connectivity index (χ0n) is 11.4. The highest BCUT2D eigenvalue weighted by molar-refractivity contribution is 9.10. The van der Waals surface area contributed by atoms with Crippen LogP contribution in [0.5, 0.6) is 0 Å². The number of thiophene rings is 1. The van der Waals surface area contributed by atoms with Gasteiger partial charge in [-0.2, -0.15) is 0 Å². The molecule has 1 heterocycles. The fourth-order valence-electron chi connectivity index (χ4n) is 2.11. The van der Waals surface area contributed by atoms with Crippen LogP contribution in [0.3, 0.4) is 0 Å². The highest BCUT2D eigenvalue weighted by Gasteiger charge is 2.13. The fourth-order valence-corrected chi connectivity index (χ4v) is 3.65. The predicted octanol–water partition coefficient (Wildman–Crippen LogP) is 4.83. The van der Waals surface area contributed by atoms with Crippen LogP contribution < -0.4 is 5.32 Å². The van der Waals surface area contributed by atoms with E-state index in [-0.39, 0.29) is 0 Å². The number of halogens is 1. The number of rotatable bonds is 6. The van der Waals surface area contributed by atoms with Gasteiger partial charge in [0.1, 0.15) is 0 Å². The molecule has 0 aliphatic carbocycles. The fraction of sp³-hybridized carbons (Fsp3) is 0.375. The summed E-state index contributed by atoms with van der Waals surface area (Å²) in [6.45, 7) is 5.42. The van der Waals surface area contributed by atoms with Crippen molar-refractivity contribution in [3.63, 3.8) is 0 Å². The summed E-state index contributed by atoms with van der Waals surface area (Å²) in [5.41, 5.74) is 1.42. The maximum Gasteiger partial charge on any atom is 0.0285 e. The molecule has 102 valence electrons. The number of benzene rings is 1. The molecule has 0 amide bonds. The molecule has 2 rings (SSSR count). The lowest BCUT2D eigenvalue weighted by molar-refractivity contribution is 0.528. The first-order valence-corrected chi connectivity index (χ1v) is 8.33. The molecule has 0 aliphatic rings. The smallest absolute Gasteiger partial charge is 0.0285 e. The monoisotopic (exact) mass is 337 g/mol. The van der Waals surface area contributed by atoms with Crippen LogP contribution in [0.25, 0.3) is 0 Å². The van der Waals surface area contributed by atoms with E-state index in [9.17, 15) is 0 Å². The molecular weight excluding hydrogens is 318 g/mol. The molecule has 19 heavy (non-hydrogen) atoms. The molecule has 0 bridgehead atoms. The summed E-state index contributed by atoms with van der Waals surface area (Å²) >= 11 is 5.37. The van der Waals surface area contributed by atoms with Crippen molar-refractivity contribution in [3.05, 3.63) is 56.7 Å². The van der Waals surface area contributed by atoms with Gasteiger partial charge in [-0.3, -0.25) is 0 Å². The van der Waals surface area contributed by atoms with Gasteiger partial charge in [0.05, 0.1) is 0 Å². The molecule has 0 saturated heterocycles. The molecule has 0 fully saturated rings. The molecule has 1 unspecified atom stereocenters. The van der Waals surface area contributed by atoms with Gasteiger partial charge in [-0.15, -0.1) is 11.3 Å². The van der Waals surface area contributed by atoms with Crippen molar-refractivity contribution in [2.45, 2.75) is 32.2 Å². The molecule has 3 heteroatoms. The van der Waals surface area contributed by atoms with Crippen LogP contribution in [0.15, 0.2) is 46.3 Å². The quantitative estimate of drug-likeness (QED) is 0.795. The van der Waals surface area contributed by atoms with E-state index in [0.29, 0.717) is 12.0 Å². The standard InChI is InChI=1S/C16H20BrNS/c1-12(2)18-10-14(13-6-4-3-5-7-13)8-16-9-15(17)11-19-16/h3-7,9,11-12,14,18H,8,10H2,1-2H3. The number of hydrogen-bond acceptors (Lipinski definition) is 2. The van der Waals surface area contributed by atoms with Crippen LogP contribution in [0.2, 0.25) is 0 Å². The predicted molar refractivity (Wildman–Crippen MR) is 88.0 cm³/mol. The van der Waals surface area contributed by atoms with Gasteiger partial charge in [0.25, 0.3) is 0 Å². The molecule has 1 atom stereocenters. The molecular formula is C16H20BrNS. The first kappa shape index (κ1) is 14.8. The highest BCUT2D eigenvalue weighted by Crippen LogP contribution is 2.26. The van der Waals surface area contributed by atoms with Gasteiger partial charge in [-0.1, -0.05) is 44.2 Å². The lowest BCUT2D eigenvalue weighted by Crippen LogP contribution is -2.28. The minimum Gasteiger partial charge on any atom is -0.314 e. The average Bonchev–Trinajstić information content (AvgIpc) is 2.81. The molecule has 2 aromatic rings. The molecule has 1 aromatic carbocycles. The Morgan fingerprint density at radius 1 is 1.21 bits per heavy atom. The molecule has 1 nitrogen and oxygen atoms in total. The molecule has 0 spiro atoms. The van der Waals surface area contributed by atoms with E-state index in [4.69, 9.17) is 0 Å². The number of nitrogens with one attached hydrogen (secondary N) is 1. The minimum atomic E-state index is 0.529. The van der Waals surface area contributed by atoms with E-state index in [2.05, 4.69) is 76.9 Å². The summed E-state index contributed by atoms with van der Waals surface area (Å²) in [6.07, 6.45) is 1.10. The van der Waals surface area contributed by atoms with Crippen LogP contribution in [-0.4, -0.2) is 12.6 Å². The van der Waals surface area contributed by atoms with E-state index in [1.165, 1.54) is 14.9 Å². The molecule has 0 saturated carbocycles. The topological polar surface area (TPSA) is 12.0 Å². The second-order valence-corrected chi connectivity index (χ2v) is 7.02. The average molecular weight is 338 g/mol. The van der Waals surface area contributed by atoms with Crippen molar-refractivity contribution >= 4 is 27.3 Å². The highest BCUT2D eigenvalue weighted by atomic mass is 79.9. The lowest BCUT2D eigenvalue weighted by Gasteiger charge is -2.19. The van der Waals surface area contributed by atoms with Crippen LogP contribution >= 0.6 is 27.3 Å². The van der Waals surface area contributed by atoms with Gasteiger partial charge < -0.3 is 5.32 Å². The van der Waals surface area contributed by atoms with E-state index < -0.39 is 0 Å². The Balaban J connectivity index is 2.10. The Kier molecular flexibility index (Phi) is 5.61. The summed E-state index contributed by atoms with van der Waals surface area (Å²) in [6, 6.07) is 13.6. The third-order valence-electron chi connectivity index (χ3n) is 3.11. The van der Waals surface area contributed by atoms with Crippen LogP contribution in [-0.2, 0) is 6.42 Å². The maximum atomic E-state index is 3.56. The summed E-state index contributed by atoms with van der Waals surface area (Å²) < 4.78 is 1.19. The maximum absolute atomic E-state index is 3.56. The SMILES string of the molecule is CC(C)NCC(Cc1cc(Br)cs1)c1ccccc1. The van der Waals surface area contributed by atoms with Gasteiger partial charge in [0, 0.05) is 33.2 Å². The third-order valence-corrected chi connectivity index (χ3v) is 4.83.